The predicted octanol–water partition coefficient (Wildman–Crippen LogP) is 1.65. The molecule has 1 aliphatic rings. The highest BCUT2D eigenvalue weighted by Crippen LogP contribution is 2.24. The van der Waals surface area contributed by atoms with Crippen molar-refractivity contribution in [2.45, 2.75) is 29.2 Å². The molecule has 1 N–H and O–H groups in total. The van der Waals surface area contributed by atoms with Gasteiger partial charge in [0.2, 0.25) is 26.0 Å². The summed E-state index contributed by atoms with van der Waals surface area (Å²) >= 11 is 0. The minimum atomic E-state index is -3.54. The number of sulfonamides is 2. The molecule has 1 fully saturated rings. The summed E-state index contributed by atoms with van der Waals surface area (Å²) in [6, 6.07) is 14.7. The average Bonchev–Trinajstić information content (AvgIpc) is 2.78. The Balaban J connectivity index is 1.53. The molecule has 0 spiro atoms. The largest absolute Gasteiger partial charge is 0.352 e. The smallest absolute Gasteiger partial charge is 0.243 e. The maximum Gasteiger partial charge on any atom is 0.243 e. The summed E-state index contributed by atoms with van der Waals surface area (Å²) < 4.78 is 52.2. The van der Waals surface area contributed by atoms with Crippen LogP contribution in [0.3, 0.4) is 0 Å². The third-order valence-corrected chi connectivity index (χ3v) is 9.12. The van der Waals surface area contributed by atoms with Crippen molar-refractivity contribution in [3.8, 4) is 0 Å². The highest BCUT2D eigenvalue weighted by atomic mass is 32.2. The third kappa shape index (κ3) is 5.32. The van der Waals surface area contributed by atoms with E-state index in [0.29, 0.717) is 25.9 Å². The van der Waals surface area contributed by atoms with Crippen LogP contribution in [0, 0.1) is 5.92 Å². The van der Waals surface area contributed by atoms with Gasteiger partial charge < -0.3 is 5.32 Å². The van der Waals surface area contributed by atoms with E-state index in [1.54, 1.807) is 42.5 Å². The van der Waals surface area contributed by atoms with Gasteiger partial charge in [0, 0.05) is 39.6 Å². The van der Waals surface area contributed by atoms with Crippen molar-refractivity contribution in [3.63, 3.8) is 0 Å². The van der Waals surface area contributed by atoms with Gasteiger partial charge in [-0.3, -0.25) is 4.79 Å². The first kappa shape index (κ1) is 23.4. The quantitative estimate of drug-likeness (QED) is 0.670. The molecule has 2 aromatic rings. The molecule has 0 bridgehead atoms. The summed E-state index contributed by atoms with van der Waals surface area (Å²) in [6.07, 6.45) is 0.913. The molecule has 8 nitrogen and oxygen atoms in total. The van der Waals surface area contributed by atoms with E-state index >= 15 is 0 Å². The molecule has 0 radical (unpaired) electrons. The lowest BCUT2D eigenvalue weighted by molar-refractivity contribution is -0.126. The Kier molecular flexibility index (Phi) is 7.15. The van der Waals surface area contributed by atoms with E-state index in [9.17, 15) is 21.6 Å². The van der Waals surface area contributed by atoms with Crippen molar-refractivity contribution in [2.75, 3.05) is 27.2 Å². The van der Waals surface area contributed by atoms with E-state index in [4.69, 9.17) is 0 Å². The molecule has 1 saturated heterocycles. The van der Waals surface area contributed by atoms with Gasteiger partial charge in [-0.1, -0.05) is 30.3 Å². The van der Waals surface area contributed by atoms with Gasteiger partial charge in [0.1, 0.15) is 0 Å². The van der Waals surface area contributed by atoms with Crippen LogP contribution in [0.25, 0.3) is 0 Å². The number of carbonyl (C=O) groups excluding carboxylic acids is 1. The number of nitrogens with one attached hydrogen (secondary N) is 1. The standard InChI is InChI=1S/C21H27N3O5S2/c1-23(2)30(26,27)20-10-8-17(9-11-20)16-22-21(25)18-12-14-24(15-13-18)31(28,29)19-6-4-3-5-7-19/h3-11,18H,12-16H2,1-2H3,(H,22,25). The van der Waals surface area contributed by atoms with Crippen molar-refractivity contribution in [1.82, 2.24) is 13.9 Å². The van der Waals surface area contributed by atoms with Crippen molar-refractivity contribution in [3.05, 3.63) is 60.2 Å². The Morgan fingerprint density at radius 3 is 2.06 bits per heavy atom. The molecule has 168 valence electrons. The van der Waals surface area contributed by atoms with Crippen molar-refractivity contribution in [2.24, 2.45) is 5.92 Å². The number of amides is 1. The summed E-state index contributed by atoms with van der Waals surface area (Å²) in [6.45, 7) is 0.877. The van der Waals surface area contributed by atoms with Crippen LogP contribution in [0.4, 0.5) is 0 Å². The average molecular weight is 466 g/mol. The van der Waals surface area contributed by atoms with E-state index in [1.165, 1.54) is 30.5 Å². The van der Waals surface area contributed by atoms with Gasteiger partial charge in [-0.15, -0.1) is 0 Å². The highest BCUT2D eigenvalue weighted by Gasteiger charge is 2.31. The van der Waals surface area contributed by atoms with E-state index < -0.39 is 20.0 Å². The number of rotatable bonds is 7. The minimum absolute atomic E-state index is 0.123. The van der Waals surface area contributed by atoms with Gasteiger partial charge >= 0.3 is 0 Å². The number of nitrogens with zero attached hydrogens (tertiary/aromatic N) is 2. The van der Waals surface area contributed by atoms with Crippen LogP contribution in [0.5, 0.6) is 0 Å². The highest BCUT2D eigenvalue weighted by molar-refractivity contribution is 7.89. The summed E-state index contributed by atoms with van der Waals surface area (Å²) in [5.41, 5.74) is 0.787. The Morgan fingerprint density at radius 2 is 1.52 bits per heavy atom. The molecular formula is C21H27N3O5S2. The van der Waals surface area contributed by atoms with Gasteiger partial charge in [-0.2, -0.15) is 4.31 Å². The van der Waals surface area contributed by atoms with Crippen LogP contribution >= 0.6 is 0 Å². The Morgan fingerprint density at radius 1 is 0.935 bits per heavy atom. The second-order valence-corrected chi connectivity index (χ2v) is 11.7. The maximum atomic E-state index is 12.7. The molecule has 31 heavy (non-hydrogen) atoms. The zero-order chi connectivity index (χ0) is 22.6. The molecule has 3 rings (SSSR count). The van der Waals surface area contributed by atoms with E-state index in [2.05, 4.69) is 5.32 Å². The van der Waals surface area contributed by atoms with Gasteiger partial charge in [0.05, 0.1) is 9.79 Å². The Labute approximate surface area is 184 Å². The molecule has 2 aromatic carbocycles. The first-order valence-corrected chi connectivity index (χ1v) is 12.8. The number of carbonyl (C=O) groups is 1. The van der Waals surface area contributed by atoms with Gasteiger partial charge in [-0.25, -0.2) is 21.1 Å². The number of benzene rings is 2. The van der Waals surface area contributed by atoms with Crippen LogP contribution < -0.4 is 5.32 Å². The van der Waals surface area contributed by atoms with Crippen LogP contribution in [-0.2, 0) is 31.4 Å². The van der Waals surface area contributed by atoms with Crippen LogP contribution in [0.1, 0.15) is 18.4 Å². The summed E-state index contributed by atoms with van der Waals surface area (Å²) in [5.74, 6) is -0.377. The van der Waals surface area contributed by atoms with Crippen LogP contribution in [-0.4, -0.2) is 58.5 Å². The Bertz CT molecular complexity index is 1110. The monoisotopic (exact) mass is 465 g/mol. The van der Waals surface area contributed by atoms with Crippen molar-refractivity contribution >= 4 is 26.0 Å². The molecule has 1 amide bonds. The van der Waals surface area contributed by atoms with Gasteiger partial charge in [-0.05, 0) is 42.7 Å². The summed E-state index contributed by atoms with van der Waals surface area (Å²) in [7, 11) is -4.08. The van der Waals surface area contributed by atoms with Crippen molar-refractivity contribution in [1.29, 1.82) is 0 Å². The van der Waals surface area contributed by atoms with Gasteiger partial charge in [0.15, 0.2) is 0 Å². The lowest BCUT2D eigenvalue weighted by Gasteiger charge is -2.30. The minimum Gasteiger partial charge on any atom is -0.352 e. The fourth-order valence-electron chi connectivity index (χ4n) is 3.42. The SMILES string of the molecule is CN(C)S(=O)(=O)c1ccc(CNC(=O)C2CCN(S(=O)(=O)c3ccccc3)CC2)cc1. The first-order chi connectivity index (χ1) is 14.6. The van der Waals surface area contributed by atoms with Crippen LogP contribution in [0.2, 0.25) is 0 Å². The number of hydrogen-bond donors (Lipinski definition) is 1. The fraction of sp³-hybridized carbons (Fsp3) is 0.381. The molecule has 1 heterocycles. The predicted molar refractivity (Wildman–Crippen MR) is 117 cm³/mol. The molecule has 0 unspecified atom stereocenters. The fourth-order valence-corrected chi connectivity index (χ4v) is 5.82. The van der Waals surface area contributed by atoms with E-state index in [-0.39, 0.29) is 28.2 Å². The summed E-state index contributed by atoms with van der Waals surface area (Å²) in [4.78, 5) is 13.0. The second kappa shape index (κ2) is 9.47. The first-order valence-electron chi connectivity index (χ1n) is 9.97. The zero-order valence-electron chi connectivity index (χ0n) is 17.6. The number of hydrogen-bond acceptors (Lipinski definition) is 5. The third-order valence-electron chi connectivity index (χ3n) is 5.37. The normalized spacial score (nSPS) is 16.4. The molecule has 0 aliphatic carbocycles. The lowest BCUT2D eigenvalue weighted by Crippen LogP contribution is -2.42. The summed E-state index contributed by atoms with van der Waals surface area (Å²) in [5, 5.41) is 2.87. The Hall–Kier alpha value is -2.27. The molecular weight excluding hydrogens is 438 g/mol. The molecule has 10 heteroatoms. The van der Waals surface area contributed by atoms with Crippen LogP contribution in [0.15, 0.2) is 64.4 Å². The molecule has 0 atom stereocenters. The van der Waals surface area contributed by atoms with Gasteiger partial charge in [0.25, 0.3) is 0 Å². The molecule has 0 aromatic heterocycles. The topological polar surface area (TPSA) is 104 Å². The lowest BCUT2D eigenvalue weighted by atomic mass is 9.97. The molecule has 0 saturated carbocycles. The van der Waals surface area contributed by atoms with E-state index in [0.717, 1.165) is 9.87 Å². The van der Waals surface area contributed by atoms with E-state index in [1.807, 2.05) is 0 Å². The number of piperidine rings is 1. The maximum absolute atomic E-state index is 12.7. The van der Waals surface area contributed by atoms with Crippen molar-refractivity contribution < 1.29 is 21.6 Å². The molecule has 1 aliphatic heterocycles. The second-order valence-electron chi connectivity index (χ2n) is 7.64. The zero-order valence-corrected chi connectivity index (χ0v) is 19.2.